The van der Waals surface area contributed by atoms with Gasteiger partial charge in [-0.15, -0.1) is 0 Å². The quantitative estimate of drug-likeness (QED) is 0.425. The lowest BCUT2D eigenvalue weighted by molar-refractivity contribution is -0.0587. The fraction of sp³-hybridized carbons (Fsp3) is 0.444. The summed E-state index contributed by atoms with van der Waals surface area (Å²) >= 11 is 0. The van der Waals surface area contributed by atoms with E-state index < -0.39 is 6.10 Å². The summed E-state index contributed by atoms with van der Waals surface area (Å²) in [5.41, 5.74) is 2.29. The van der Waals surface area contributed by atoms with E-state index in [4.69, 9.17) is 14.6 Å². The van der Waals surface area contributed by atoms with Gasteiger partial charge in [0.1, 0.15) is 11.6 Å². The Bertz CT molecular complexity index is 1040. The summed E-state index contributed by atoms with van der Waals surface area (Å²) in [6.45, 7) is 13.3. The third kappa shape index (κ3) is 7.13. The largest absolute Gasteiger partial charge is 0.439 e. The Labute approximate surface area is 201 Å². The highest BCUT2D eigenvalue weighted by Gasteiger charge is 2.24. The molecule has 34 heavy (non-hydrogen) atoms. The number of para-hydroxylation sites is 1. The number of hydrogen-bond donors (Lipinski definition) is 1. The summed E-state index contributed by atoms with van der Waals surface area (Å²) in [5, 5.41) is 15.4. The van der Waals surface area contributed by atoms with Crippen molar-refractivity contribution in [3.05, 3.63) is 71.7 Å². The second-order valence-electron chi connectivity index (χ2n) is 9.77. The molecule has 1 heterocycles. The van der Waals surface area contributed by atoms with Gasteiger partial charge in [0.2, 0.25) is 5.88 Å². The molecule has 0 radical (unpaired) electrons. The molecule has 0 aliphatic carbocycles. The van der Waals surface area contributed by atoms with Gasteiger partial charge >= 0.3 is 0 Å². The van der Waals surface area contributed by atoms with Crippen LogP contribution in [0.1, 0.15) is 45.9 Å². The predicted molar refractivity (Wildman–Crippen MR) is 132 cm³/mol. The normalized spacial score (nSPS) is 13.0. The number of hydrogen-bond acceptors (Lipinski definition) is 5. The van der Waals surface area contributed by atoms with Crippen LogP contribution in [0.2, 0.25) is 0 Å². The van der Waals surface area contributed by atoms with Gasteiger partial charge in [-0.3, -0.25) is 4.90 Å². The minimum absolute atomic E-state index is 0.169. The monoisotopic (exact) mass is 469 g/mol. The standard InChI is InChI=1S/C27H36FN3O3/c1-19(2)30(16-23(32)18-33-27(4,5)6)17-25-20(3)29-31(22-10-8-7-9-11-22)26(25)34-24-14-12-21(28)13-15-24/h7-15,19,23,32H,16-18H2,1-6H3/t23-/m0/s1. The first-order valence-corrected chi connectivity index (χ1v) is 11.7. The highest BCUT2D eigenvalue weighted by atomic mass is 19.1. The molecule has 0 bridgehead atoms. The van der Waals surface area contributed by atoms with Gasteiger partial charge in [-0.1, -0.05) is 18.2 Å². The lowest BCUT2D eigenvalue weighted by Crippen LogP contribution is -2.40. The molecule has 0 aliphatic rings. The molecular formula is C27H36FN3O3. The molecule has 0 saturated heterocycles. The lowest BCUT2D eigenvalue weighted by atomic mass is 10.1. The maximum absolute atomic E-state index is 13.5. The Kier molecular flexibility index (Phi) is 8.47. The molecule has 0 unspecified atom stereocenters. The molecule has 0 aliphatic heterocycles. The van der Waals surface area contributed by atoms with Gasteiger partial charge in [0.15, 0.2) is 0 Å². The van der Waals surface area contributed by atoms with Crippen molar-refractivity contribution in [3.8, 4) is 17.3 Å². The van der Waals surface area contributed by atoms with Gasteiger partial charge in [0.25, 0.3) is 0 Å². The molecule has 1 aromatic heterocycles. The summed E-state index contributed by atoms with van der Waals surface area (Å²) < 4.78 is 27.3. The number of ether oxygens (including phenoxy) is 2. The zero-order valence-corrected chi connectivity index (χ0v) is 21.0. The third-order valence-electron chi connectivity index (χ3n) is 5.41. The van der Waals surface area contributed by atoms with E-state index in [1.165, 1.54) is 12.1 Å². The molecule has 184 valence electrons. The summed E-state index contributed by atoms with van der Waals surface area (Å²) in [6.07, 6.45) is -0.632. The number of nitrogens with zero attached hydrogens (tertiary/aromatic N) is 3. The van der Waals surface area contributed by atoms with Crippen molar-refractivity contribution in [2.24, 2.45) is 0 Å². The average molecular weight is 470 g/mol. The highest BCUT2D eigenvalue weighted by molar-refractivity contribution is 5.43. The van der Waals surface area contributed by atoms with Crippen LogP contribution in [-0.4, -0.2) is 50.7 Å². The predicted octanol–water partition coefficient (Wildman–Crippen LogP) is 5.50. The van der Waals surface area contributed by atoms with E-state index in [0.29, 0.717) is 24.7 Å². The number of aliphatic hydroxyl groups is 1. The molecule has 6 nitrogen and oxygen atoms in total. The Hall–Kier alpha value is -2.74. The Morgan fingerprint density at radius 1 is 1.06 bits per heavy atom. The van der Waals surface area contributed by atoms with E-state index >= 15 is 0 Å². The van der Waals surface area contributed by atoms with E-state index in [-0.39, 0.29) is 24.1 Å². The van der Waals surface area contributed by atoms with Crippen molar-refractivity contribution in [3.63, 3.8) is 0 Å². The van der Waals surface area contributed by atoms with Crippen LogP contribution in [0.25, 0.3) is 5.69 Å². The fourth-order valence-corrected chi connectivity index (χ4v) is 3.51. The first kappa shape index (κ1) is 25.9. The third-order valence-corrected chi connectivity index (χ3v) is 5.41. The van der Waals surface area contributed by atoms with Crippen LogP contribution >= 0.6 is 0 Å². The second-order valence-corrected chi connectivity index (χ2v) is 9.77. The molecule has 7 heteroatoms. The summed E-state index contributed by atoms with van der Waals surface area (Å²) in [7, 11) is 0. The molecule has 1 atom stereocenters. The maximum Gasteiger partial charge on any atom is 0.227 e. The SMILES string of the molecule is Cc1nn(-c2ccccc2)c(Oc2ccc(F)cc2)c1CN(C[C@H](O)COC(C)(C)C)C(C)C. The zero-order chi connectivity index (χ0) is 24.9. The summed E-state index contributed by atoms with van der Waals surface area (Å²) in [5.74, 6) is 0.772. The van der Waals surface area contributed by atoms with Crippen molar-refractivity contribution in [1.82, 2.24) is 14.7 Å². The van der Waals surface area contributed by atoms with Crippen LogP contribution < -0.4 is 4.74 Å². The zero-order valence-electron chi connectivity index (χ0n) is 21.0. The fourth-order valence-electron chi connectivity index (χ4n) is 3.51. The lowest BCUT2D eigenvalue weighted by Gasteiger charge is -2.30. The number of aryl methyl sites for hydroxylation is 1. The number of rotatable bonds is 10. The van der Waals surface area contributed by atoms with E-state index in [1.807, 2.05) is 58.0 Å². The first-order valence-electron chi connectivity index (χ1n) is 11.7. The van der Waals surface area contributed by atoms with E-state index in [2.05, 4.69) is 18.7 Å². The van der Waals surface area contributed by atoms with Crippen LogP contribution in [0.15, 0.2) is 54.6 Å². The van der Waals surface area contributed by atoms with Gasteiger partial charge in [-0.05, 0) is 77.9 Å². The number of aromatic nitrogens is 2. The van der Waals surface area contributed by atoms with Crippen molar-refractivity contribution in [2.45, 2.75) is 65.8 Å². The minimum Gasteiger partial charge on any atom is -0.439 e. The smallest absolute Gasteiger partial charge is 0.227 e. The molecule has 0 fully saturated rings. The molecule has 0 spiro atoms. The molecule has 0 saturated carbocycles. The molecule has 2 aromatic carbocycles. The van der Waals surface area contributed by atoms with E-state index in [0.717, 1.165) is 16.9 Å². The topological polar surface area (TPSA) is 59.8 Å². The number of halogens is 1. The van der Waals surface area contributed by atoms with Crippen molar-refractivity contribution < 1.29 is 19.0 Å². The number of aliphatic hydroxyl groups excluding tert-OH is 1. The Balaban J connectivity index is 1.92. The van der Waals surface area contributed by atoms with Gasteiger partial charge in [0, 0.05) is 19.1 Å². The van der Waals surface area contributed by atoms with Gasteiger partial charge in [-0.2, -0.15) is 5.10 Å². The average Bonchev–Trinajstić information content (AvgIpc) is 3.08. The van der Waals surface area contributed by atoms with Crippen molar-refractivity contribution in [2.75, 3.05) is 13.2 Å². The Morgan fingerprint density at radius 2 is 1.71 bits per heavy atom. The second kappa shape index (κ2) is 11.1. The van der Waals surface area contributed by atoms with Crippen LogP contribution in [0.4, 0.5) is 4.39 Å². The summed E-state index contributed by atoms with van der Waals surface area (Å²) in [6, 6.07) is 15.9. The minimum atomic E-state index is -0.632. The summed E-state index contributed by atoms with van der Waals surface area (Å²) in [4.78, 5) is 2.17. The molecular weight excluding hydrogens is 433 g/mol. The molecule has 3 rings (SSSR count). The Morgan fingerprint density at radius 3 is 2.29 bits per heavy atom. The van der Waals surface area contributed by atoms with Gasteiger partial charge < -0.3 is 14.6 Å². The first-order chi connectivity index (χ1) is 16.0. The highest BCUT2D eigenvalue weighted by Crippen LogP contribution is 2.32. The van der Waals surface area contributed by atoms with Crippen molar-refractivity contribution >= 4 is 0 Å². The van der Waals surface area contributed by atoms with Crippen LogP contribution in [0.5, 0.6) is 11.6 Å². The van der Waals surface area contributed by atoms with E-state index in [9.17, 15) is 9.50 Å². The molecule has 3 aromatic rings. The number of benzene rings is 2. The maximum atomic E-state index is 13.5. The molecule has 1 N–H and O–H groups in total. The van der Waals surface area contributed by atoms with Crippen LogP contribution in [0.3, 0.4) is 0 Å². The van der Waals surface area contributed by atoms with Gasteiger partial charge in [-0.25, -0.2) is 9.07 Å². The van der Waals surface area contributed by atoms with Crippen molar-refractivity contribution in [1.29, 1.82) is 0 Å². The van der Waals surface area contributed by atoms with Gasteiger partial charge in [0.05, 0.1) is 35.3 Å². The van der Waals surface area contributed by atoms with Crippen LogP contribution in [-0.2, 0) is 11.3 Å². The van der Waals surface area contributed by atoms with E-state index in [1.54, 1.807) is 16.8 Å². The molecule has 0 amide bonds. The van der Waals surface area contributed by atoms with Crippen LogP contribution in [0, 0.1) is 12.7 Å².